The summed E-state index contributed by atoms with van der Waals surface area (Å²) in [6.07, 6.45) is 0. The Kier molecular flexibility index (Phi) is 3.66. The zero-order chi connectivity index (χ0) is 14.0. The molecule has 2 aromatic carbocycles. The molecule has 0 unspecified atom stereocenters. The number of nitro groups is 1. The molecule has 0 heterocycles. The van der Waals surface area contributed by atoms with Crippen LogP contribution in [-0.2, 0) is 0 Å². The summed E-state index contributed by atoms with van der Waals surface area (Å²) < 4.78 is 13.5. The van der Waals surface area contributed by atoms with Crippen LogP contribution in [0.5, 0.6) is 0 Å². The van der Waals surface area contributed by atoms with Gasteiger partial charge in [0, 0.05) is 0 Å². The van der Waals surface area contributed by atoms with Gasteiger partial charge in [-0.3, -0.25) is 10.1 Å². The van der Waals surface area contributed by atoms with Crippen LogP contribution < -0.4 is 5.32 Å². The lowest BCUT2D eigenvalue weighted by Crippen LogP contribution is -2.00. The number of benzene rings is 2. The monoisotopic (exact) mass is 280 g/mol. The van der Waals surface area contributed by atoms with E-state index in [2.05, 4.69) is 5.32 Å². The Bertz CT molecular complexity index is 647. The van der Waals surface area contributed by atoms with Crippen molar-refractivity contribution in [1.82, 2.24) is 0 Å². The summed E-state index contributed by atoms with van der Waals surface area (Å²) in [5.74, 6) is -0.891. The van der Waals surface area contributed by atoms with Crippen LogP contribution in [-0.4, -0.2) is 4.92 Å². The molecule has 0 spiro atoms. The lowest BCUT2D eigenvalue weighted by Gasteiger charge is -2.09. The van der Waals surface area contributed by atoms with Crippen LogP contribution in [0.4, 0.5) is 21.5 Å². The molecule has 1 N–H and O–H groups in total. The van der Waals surface area contributed by atoms with Gasteiger partial charge in [-0.2, -0.15) is 4.39 Å². The lowest BCUT2D eigenvalue weighted by molar-refractivity contribution is -0.386. The first-order valence-electron chi connectivity index (χ1n) is 5.45. The van der Waals surface area contributed by atoms with E-state index in [0.29, 0.717) is 10.7 Å². The molecule has 0 saturated heterocycles. The van der Waals surface area contributed by atoms with Gasteiger partial charge in [0.2, 0.25) is 5.82 Å². The first-order valence-corrected chi connectivity index (χ1v) is 5.83. The highest BCUT2D eigenvalue weighted by Gasteiger charge is 2.20. The van der Waals surface area contributed by atoms with E-state index in [-0.39, 0.29) is 5.69 Å². The third-order valence-corrected chi connectivity index (χ3v) is 2.88. The Morgan fingerprint density at radius 3 is 2.63 bits per heavy atom. The predicted molar refractivity (Wildman–Crippen MR) is 72.5 cm³/mol. The van der Waals surface area contributed by atoms with Crippen LogP contribution in [0.15, 0.2) is 36.4 Å². The third kappa shape index (κ3) is 2.82. The van der Waals surface area contributed by atoms with E-state index >= 15 is 0 Å². The van der Waals surface area contributed by atoms with E-state index in [0.717, 1.165) is 11.6 Å². The molecule has 0 aliphatic rings. The minimum Gasteiger partial charge on any atom is -0.349 e. The molecule has 6 heteroatoms. The van der Waals surface area contributed by atoms with Gasteiger partial charge in [-0.25, -0.2) is 0 Å². The number of nitrogens with one attached hydrogen (secondary N) is 1. The van der Waals surface area contributed by atoms with Crippen molar-refractivity contribution in [2.75, 3.05) is 5.32 Å². The van der Waals surface area contributed by atoms with Gasteiger partial charge in [-0.1, -0.05) is 23.7 Å². The van der Waals surface area contributed by atoms with Gasteiger partial charge in [-0.05, 0) is 36.8 Å². The molecule has 4 nitrogen and oxygen atoms in total. The van der Waals surface area contributed by atoms with E-state index in [1.54, 1.807) is 18.2 Å². The molecule has 0 fully saturated rings. The fraction of sp³-hybridized carbons (Fsp3) is 0.0769. The van der Waals surface area contributed by atoms with Crippen molar-refractivity contribution in [3.05, 3.63) is 62.9 Å². The van der Waals surface area contributed by atoms with Crippen LogP contribution in [0, 0.1) is 22.9 Å². The SMILES string of the molecule is Cc1ccc(Nc2cccc(F)c2[N+](=O)[O-])c(Cl)c1. The van der Waals surface area contributed by atoms with E-state index in [4.69, 9.17) is 11.6 Å². The average Bonchev–Trinajstić information content (AvgIpc) is 2.32. The summed E-state index contributed by atoms with van der Waals surface area (Å²) in [7, 11) is 0. The standard InChI is InChI=1S/C13H10ClFN2O2/c1-8-5-6-11(9(14)7-8)16-12-4-2-3-10(15)13(12)17(18)19/h2-7,16H,1H3. The molecular formula is C13H10ClFN2O2. The maximum atomic E-state index is 13.5. The molecule has 0 atom stereocenters. The van der Waals surface area contributed by atoms with E-state index in [1.807, 2.05) is 6.92 Å². The van der Waals surface area contributed by atoms with E-state index in [1.165, 1.54) is 12.1 Å². The van der Waals surface area contributed by atoms with Gasteiger partial charge in [0.25, 0.3) is 0 Å². The second-order valence-corrected chi connectivity index (χ2v) is 4.41. The predicted octanol–water partition coefficient (Wildman–Crippen LogP) is 4.44. The third-order valence-electron chi connectivity index (χ3n) is 2.56. The number of hydrogen-bond acceptors (Lipinski definition) is 3. The van der Waals surface area contributed by atoms with E-state index < -0.39 is 16.4 Å². The highest BCUT2D eigenvalue weighted by atomic mass is 35.5. The van der Waals surface area contributed by atoms with Crippen molar-refractivity contribution >= 4 is 28.7 Å². The smallest absolute Gasteiger partial charge is 0.327 e. The van der Waals surface area contributed by atoms with Crippen molar-refractivity contribution in [3.8, 4) is 0 Å². The largest absolute Gasteiger partial charge is 0.349 e. The summed E-state index contributed by atoms with van der Waals surface area (Å²) in [6, 6.07) is 9.07. The fourth-order valence-corrected chi connectivity index (χ4v) is 1.95. The minimum atomic E-state index is -0.891. The van der Waals surface area contributed by atoms with Crippen LogP contribution in [0.1, 0.15) is 5.56 Å². The first kappa shape index (κ1) is 13.3. The Labute approximate surface area is 114 Å². The van der Waals surface area contributed by atoms with Crippen LogP contribution in [0.25, 0.3) is 0 Å². The second kappa shape index (κ2) is 5.24. The molecule has 0 aliphatic heterocycles. The van der Waals surface area contributed by atoms with Gasteiger partial charge in [0.15, 0.2) is 0 Å². The zero-order valence-electron chi connectivity index (χ0n) is 9.98. The number of halogens is 2. The quantitative estimate of drug-likeness (QED) is 0.668. The van der Waals surface area contributed by atoms with Crippen molar-refractivity contribution in [1.29, 1.82) is 0 Å². The van der Waals surface area contributed by atoms with Crippen molar-refractivity contribution < 1.29 is 9.31 Å². The molecule has 0 radical (unpaired) electrons. The fourth-order valence-electron chi connectivity index (χ4n) is 1.67. The number of hydrogen-bond donors (Lipinski definition) is 1. The molecule has 0 amide bonds. The molecule has 0 saturated carbocycles. The number of aryl methyl sites for hydroxylation is 1. The summed E-state index contributed by atoms with van der Waals surface area (Å²) in [4.78, 5) is 10.1. The average molecular weight is 281 g/mol. The summed E-state index contributed by atoms with van der Waals surface area (Å²) in [5, 5.41) is 14.1. The highest BCUT2D eigenvalue weighted by Crippen LogP contribution is 2.32. The Morgan fingerprint density at radius 1 is 1.26 bits per heavy atom. The second-order valence-electron chi connectivity index (χ2n) is 4.00. The summed E-state index contributed by atoms with van der Waals surface area (Å²) >= 11 is 6.03. The Hall–Kier alpha value is -2.14. The lowest BCUT2D eigenvalue weighted by atomic mass is 10.2. The maximum Gasteiger partial charge on any atom is 0.327 e. The number of nitrogens with zero attached hydrogens (tertiary/aromatic N) is 1. The maximum absolute atomic E-state index is 13.5. The van der Waals surface area contributed by atoms with Gasteiger partial charge in [-0.15, -0.1) is 0 Å². The Morgan fingerprint density at radius 2 is 2.00 bits per heavy atom. The van der Waals surface area contributed by atoms with Gasteiger partial charge < -0.3 is 5.32 Å². The summed E-state index contributed by atoms with van der Waals surface area (Å²) in [5.41, 5.74) is 0.917. The summed E-state index contributed by atoms with van der Waals surface area (Å²) in [6.45, 7) is 1.88. The molecule has 0 aliphatic carbocycles. The van der Waals surface area contributed by atoms with Crippen LogP contribution in [0.2, 0.25) is 5.02 Å². The molecule has 2 aromatic rings. The van der Waals surface area contributed by atoms with Crippen LogP contribution in [0.3, 0.4) is 0 Å². The van der Waals surface area contributed by atoms with Gasteiger partial charge in [0.1, 0.15) is 5.69 Å². The molecule has 0 aromatic heterocycles. The van der Waals surface area contributed by atoms with Crippen molar-refractivity contribution in [3.63, 3.8) is 0 Å². The molecule has 98 valence electrons. The zero-order valence-corrected chi connectivity index (χ0v) is 10.7. The van der Waals surface area contributed by atoms with Gasteiger partial charge >= 0.3 is 5.69 Å². The number of rotatable bonds is 3. The Balaban J connectivity index is 2.44. The molecule has 2 rings (SSSR count). The first-order chi connectivity index (χ1) is 8.99. The van der Waals surface area contributed by atoms with E-state index in [9.17, 15) is 14.5 Å². The molecule has 19 heavy (non-hydrogen) atoms. The van der Waals surface area contributed by atoms with Gasteiger partial charge in [0.05, 0.1) is 15.6 Å². The minimum absolute atomic E-state index is 0.0655. The number of para-hydroxylation sites is 1. The highest BCUT2D eigenvalue weighted by molar-refractivity contribution is 6.33. The number of anilines is 2. The molecular weight excluding hydrogens is 271 g/mol. The van der Waals surface area contributed by atoms with Crippen molar-refractivity contribution in [2.45, 2.75) is 6.92 Å². The van der Waals surface area contributed by atoms with Crippen LogP contribution >= 0.6 is 11.6 Å². The number of nitro benzene ring substituents is 1. The van der Waals surface area contributed by atoms with Crippen molar-refractivity contribution in [2.24, 2.45) is 0 Å². The topological polar surface area (TPSA) is 55.2 Å². The normalized spacial score (nSPS) is 10.3. The molecule has 0 bridgehead atoms.